The van der Waals surface area contributed by atoms with Crippen molar-refractivity contribution in [2.75, 3.05) is 18.4 Å². The maximum absolute atomic E-state index is 12.3. The van der Waals surface area contributed by atoms with E-state index in [1.54, 1.807) is 54.6 Å². The number of carbonyl (C=O) groups is 3. The standard InChI is InChI=1S/C24H22BrN3O3/c1-16-5-7-18(8-6-16)24(31)28-21-11-9-17(10-12-21)22(29)26-13-14-27-23(30)19-3-2-4-20(25)15-19/h2-12,15H,13-14H2,1H3,(H,26,29)(H,27,30)(H,28,31). The third-order valence-corrected chi connectivity index (χ3v) is 4.99. The van der Waals surface area contributed by atoms with Crippen molar-refractivity contribution < 1.29 is 14.4 Å². The Morgan fingerprint density at radius 3 is 1.87 bits per heavy atom. The Morgan fingerprint density at radius 1 is 0.710 bits per heavy atom. The van der Waals surface area contributed by atoms with Crippen molar-refractivity contribution >= 4 is 39.3 Å². The lowest BCUT2D eigenvalue weighted by Crippen LogP contribution is -2.34. The number of anilines is 1. The van der Waals surface area contributed by atoms with Crippen LogP contribution in [0.5, 0.6) is 0 Å². The zero-order chi connectivity index (χ0) is 22.2. The average Bonchev–Trinajstić information content (AvgIpc) is 2.77. The first-order valence-corrected chi connectivity index (χ1v) is 10.5. The Kier molecular flexibility index (Phi) is 7.56. The number of halogens is 1. The van der Waals surface area contributed by atoms with Gasteiger partial charge in [0.1, 0.15) is 0 Å². The summed E-state index contributed by atoms with van der Waals surface area (Å²) in [4.78, 5) is 36.6. The van der Waals surface area contributed by atoms with E-state index in [0.717, 1.165) is 10.0 Å². The molecule has 3 aromatic carbocycles. The largest absolute Gasteiger partial charge is 0.350 e. The number of hydrogen-bond acceptors (Lipinski definition) is 3. The second-order valence-electron chi connectivity index (χ2n) is 6.92. The van der Waals surface area contributed by atoms with E-state index in [2.05, 4.69) is 31.9 Å². The van der Waals surface area contributed by atoms with Gasteiger partial charge in [-0.15, -0.1) is 0 Å². The third-order valence-electron chi connectivity index (χ3n) is 4.50. The lowest BCUT2D eigenvalue weighted by molar-refractivity contribution is 0.0927. The molecule has 0 aliphatic heterocycles. The van der Waals surface area contributed by atoms with Gasteiger partial charge in [-0.1, -0.05) is 39.7 Å². The molecule has 7 heteroatoms. The molecule has 0 saturated carbocycles. The van der Waals surface area contributed by atoms with E-state index in [-0.39, 0.29) is 17.7 Å². The SMILES string of the molecule is Cc1ccc(C(=O)Nc2ccc(C(=O)NCCNC(=O)c3cccc(Br)c3)cc2)cc1. The van der Waals surface area contributed by atoms with E-state index in [9.17, 15) is 14.4 Å². The van der Waals surface area contributed by atoms with Gasteiger partial charge in [-0.05, 0) is 61.5 Å². The summed E-state index contributed by atoms with van der Waals surface area (Å²) in [6.07, 6.45) is 0. The maximum atomic E-state index is 12.3. The average molecular weight is 480 g/mol. The zero-order valence-electron chi connectivity index (χ0n) is 16.9. The predicted octanol–water partition coefficient (Wildman–Crippen LogP) is 4.17. The highest BCUT2D eigenvalue weighted by atomic mass is 79.9. The number of rotatable bonds is 7. The Bertz CT molecular complexity index is 1080. The molecule has 0 atom stereocenters. The van der Waals surface area contributed by atoms with Crippen LogP contribution in [0.15, 0.2) is 77.3 Å². The Balaban J connectivity index is 1.45. The first-order chi connectivity index (χ1) is 14.9. The molecule has 0 heterocycles. The van der Waals surface area contributed by atoms with Crippen LogP contribution in [0, 0.1) is 6.92 Å². The molecule has 0 unspecified atom stereocenters. The van der Waals surface area contributed by atoms with Gasteiger partial charge in [-0.2, -0.15) is 0 Å². The van der Waals surface area contributed by atoms with Gasteiger partial charge in [0.2, 0.25) is 0 Å². The van der Waals surface area contributed by atoms with Crippen LogP contribution in [-0.4, -0.2) is 30.8 Å². The van der Waals surface area contributed by atoms with Crippen molar-refractivity contribution in [1.29, 1.82) is 0 Å². The molecule has 3 aromatic rings. The van der Waals surface area contributed by atoms with E-state index in [1.807, 2.05) is 25.1 Å². The molecule has 0 saturated heterocycles. The molecule has 0 bridgehead atoms. The van der Waals surface area contributed by atoms with Crippen LogP contribution in [0.2, 0.25) is 0 Å². The molecule has 0 aromatic heterocycles. The van der Waals surface area contributed by atoms with Crippen LogP contribution < -0.4 is 16.0 Å². The van der Waals surface area contributed by atoms with Crippen LogP contribution in [-0.2, 0) is 0 Å². The van der Waals surface area contributed by atoms with Gasteiger partial charge in [0.05, 0.1) is 0 Å². The number of amides is 3. The van der Waals surface area contributed by atoms with Gasteiger partial charge in [0, 0.05) is 39.9 Å². The molecule has 31 heavy (non-hydrogen) atoms. The smallest absolute Gasteiger partial charge is 0.255 e. The van der Waals surface area contributed by atoms with Crippen LogP contribution in [0.1, 0.15) is 36.6 Å². The minimum Gasteiger partial charge on any atom is -0.350 e. The monoisotopic (exact) mass is 479 g/mol. The van der Waals surface area contributed by atoms with Crippen molar-refractivity contribution in [3.63, 3.8) is 0 Å². The van der Waals surface area contributed by atoms with Gasteiger partial charge in [0.25, 0.3) is 17.7 Å². The van der Waals surface area contributed by atoms with Crippen molar-refractivity contribution in [3.8, 4) is 0 Å². The van der Waals surface area contributed by atoms with E-state index in [0.29, 0.717) is 35.5 Å². The minimum absolute atomic E-state index is 0.204. The maximum Gasteiger partial charge on any atom is 0.255 e. The summed E-state index contributed by atoms with van der Waals surface area (Å²) in [7, 11) is 0. The van der Waals surface area contributed by atoms with Crippen LogP contribution in [0.3, 0.4) is 0 Å². The van der Waals surface area contributed by atoms with Crippen molar-refractivity contribution in [2.45, 2.75) is 6.92 Å². The summed E-state index contributed by atoms with van der Waals surface area (Å²) in [6, 6.07) is 21.0. The highest BCUT2D eigenvalue weighted by molar-refractivity contribution is 9.10. The fourth-order valence-corrected chi connectivity index (χ4v) is 3.20. The highest BCUT2D eigenvalue weighted by Gasteiger charge is 2.09. The summed E-state index contributed by atoms with van der Waals surface area (Å²) < 4.78 is 0.826. The van der Waals surface area contributed by atoms with Crippen molar-refractivity contribution in [3.05, 3.63) is 99.5 Å². The molecular weight excluding hydrogens is 458 g/mol. The zero-order valence-corrected chi connectivity index (χ0v) is 18.5. The molecule has 158 valence electrons. The molecule has 0 fully saturated rings. The first kappa shape index (κ1) is 22.2. The third kappa shape index (κ3) is 6.52. The number of aryl methyl sites for hydroxylation is 1. The first-order valence-electron chi connectivity index (χ1n) is 9.72. The number of benzene rings is 3. The number of nitrogens with one attached hydrogen (secondary N) is 3. The topological polar surface area (TPSA) is 87.3 Å². The van der Waals surface area contributed by atoms with Gasteiger partial charge >= 0.3 is 0 Å². The second kappa shape index (κ2) is 10.5. The Hall–Kier alpha value is -3.45. The molecule has 3 rings (SSSR count). The molecular formula is C24H22BrN3O3. The molecule has 3 N–H and O–H groups in total. The highest BCUT2D eigenvalue weighted by Crippen LogP contribution is 2.13. The fraction of sp³-hybridized carbons (Fsp3) is 0.125. The molecule has 0 aliphatic rings. The van der Waals surface area contributed by atoms with E-state index in [4.69, 9.17) is 0 Å². The summed E-state index contributed by atoms with van der Waals surface area (Å²) in [5.41, 5.74) is 3.26. The van der Waals surface area contributed by atoms with Gasteiger partial charge in [0.15, 0.2) is 0 Å². The van der Waals surface area contributed by atoms with E-state index in [1.165, 1.54) is 0 Å². The van der Waals surface area contributed by atoms with Crippen LogP contribution in [0.4, 0.5) is 5.69 Å². The Labute approximate surface area is 189 Å². The van der Waals surface area contributed by atoms with Crippen molar-refractivity contribution in [2.24, 2.45) is 0 Å². The van der Waals surface area contributed by atoms with Gasteiger partial charge in [-0.25, -0.2) is 0 Å². The lowest BCUT2D eigenvalue weighted by Gasteiger charge is -2.09. The van der Waals surface area contributed by atoms with Crippen LogP contribution in [0.25, 0.3) is 0 Å². The van der Waals surface area contributed by atoms with Gasteiger partial charge in [-0.3, -0.25) is 14.4 Å². The van der Waals surface area contributed by atoms with Crippen LogP contribution >= 0.6 is 15.9 Å². The predicted molar refractivity (Wildman–Crippen MR) is 124 cm³/mol. The molecule has 3 amide bonds. The summed E-state index contributed by atoms with van der Waals surface area (Å²) in [5, 5.41) is 8.33. The molecule has 0 spiro atoms. The lowest BCUT2D eigenvalue weighted by atomic mass is 10.1. The van der Waals surface area contributed by atoms with Crippen molar-refractivity contribution in [1.82, 2.24) is 10.6 Å². The van der Waals surface area contributed by atoms with E-state index >= 15 is 0 Å². The Morgan fingerprint density at radius 2 is 1.26 bits per heavy atom. The normalized spacial score (nSPS) is 10.3. The molecule has 0 aliphatic carbocycles. The fourth-order valence-electron chi connectivity index (χ4n) is 2.80. The number of carbonyl (C=O) groups excluding carboxylic acids is 3. The molecule has 6 nitrogen and oxygen atoms in total. The summed E-state index contributed by atoms with van der Waals surface area (Å²) in [5.74, 6) is -0.671. The second-order valence-corrected chi connectivity index (χ2v) is 7.84. The molecule has 0 radical (unpaired) electrons. The minimum atomic E-state index is -0.256. The quantitative estimate of drug-likeness (QED) is 0.444. The van der Waals surface area contributed by atoms with E-state index < -0.39 is 0 Å². The summed E-state index contributed by atoms with van der Waals surface area (Å²) >= 11 is 3.33. The summed E-state index contributed by atoms with van der Waals surface area (Å²) in [6.45, 7) is 2.56. The number of hydrogen-bond donors (Lipinski definition) is 3. The van der Waals surface area contributed by atoms with Gasteiger partial charge < -0.3 is 16.0 Å².